The van der Waals surface area contributed by atoms with Crippen LogP contribution in [0.5, 0.6) is 0 Å². The number of benzene rings is 1. The van der Waals surface area contributed by atoms with Crippen molar-refractivity contribution in [2.75, 3.05) is 19.0 Å². The average Bonchev–Trinajstić information content (AvgIpc) is 2.35. The molecule has 0 unspecified atom stereocenters. The van der Waals surface area contributed by atoms with Crippen molar-refractivity contribution < 1.29 is 14.3 Å². The van der Waals surface area contributed by atoms with Crippen molar-refractivity contribution in [2.24, 2.45) is 5.41 Å². The molecular weight excluding hydrogens is 268 g/mol. The third-order valence-corrected chi connectivity index (χ3v) is 2.67. The van der Waals surface area contributed by atoms with Gasteiger partial charge in [0.05, 0.1) is 0 Å². The Labute approximate surface area is 126 Å². The Morgan fingerprint density at radius 1 is 1.19 bits per heavy atom. The molecule has 0 spiro atoms. The second-order valence-corrected chi connectivity index (χ2v) is 6.20. The predicted molar refractivity (Wildman–Crippen MR) is 82.9 cm³/mol. The summed E-state index contributed by atoms with van der Waals surface area (Å²) in [5.41, 5.74) is 1.60. The van der Waals surface area contributed by atoms with Crippen LogP contribution in [0.25, 0.3) is 0 Å². The minimum Gasteiger partial charge on any atom is -0.375 e. The molecule has 0 fully saturated rings. The van der Waals surface area contributed by atoms with Crippen LogP contribution in [0, 0.1) is 5.41 Å². The molecule has 0 saturated carbocycles. The molecule has 5 heteroatoms. The standard InChI is InChI=1S/C16H24N2O3/c1-16(2,3)9-14(19)17-10-12-6-5-7-13(8-12)18-15(20)11-21-4/h5-8H,9-11H2,1-4H3,(H,17,19)(H,18,20). The lowest BCUT2D eigenvalue weighted by Crippen LogP contribution is -2.27. The van der Waals surface area contributed by atoms with Crippen molar-refractivity contribution in [3.8, 4) is 0 Å². The maximum atomic E-state index is 11.8. The first-order valence-corrected chi connectivity index (χ1v) is 6.94. The number of ether oxygens (including phenoxy) is 1. The quantitative estimate of drug-likeness (QED) is 0.845. The number of hydrogen-bond donors (Lipinski definition) is 2. The van der Waals surface area contributed by atoms with Crippen molar-refractivity contribution in [3.05, 3.63) is 29.8 Å². The van der Waals surface area contributed by atoms with E-state index in [0.29, 0.717) is 18.7 Å². The van der Waals surface area contributed by atoms with Crippen LogP contribution in [0.15, 0.2) is 24.3 Å². The van der Waals surface area contributed by atoms with Crippen molar-refractivity contribution in [1.82, 2.24) is 5.32 Å². The van der Waals surface area contributed by atoms with Crippen molar-refractivity contribution in [1.29, 1.82) is 0 Å². The van der Waals surface area contributed by atoms with Crippen LogP contribution >= 0.6 is 0 Å². The van der Waals surface area contributed by atoms with Crippen LogP contribution in [0.4, 0.5) is 5.69 Å². The number of hydrogen-bond acceptors (Lipinski definition) is 3. The lowest BCUT2D eigenvalue weighted by atomic mass is 9.92. The second-order valence-electron chi connectivity index (χ2n) is 6.20. The summed E-state index contributed by atoms with van der Waals surface area (Å²) < 4.78 is 4.76. The normalized spacial score (nSPS) is 11.0. The van der Waals surface area contributed by atoms with Gasteiger partial charge in [-0.2, -0.15) is 0 Å². The third-order valence-electron chi connectivity index (χ3n) is 2.67. The van der Waals surface area contributed by atoms with Crippen LogP contribution in [0.3, 0.4) is 0 Å². The summed E-state index contributed by atoms with van der Waals surface area (Å²) in [6, 6.07) is 7.38. The zero-order chi connectivity index (χ0) is 15.9. The highest BCUT2D eigenvalue weighted by Gasteiger charge is 2.15. The number of methoxy groups -OCH3 is 1. The van der Waals surface area contributed by atoms with E-state index in [9.17, 15) is 9.59 Å². The first-order chi connectivity index (χ1) is 9.80. The molecule has 1 aromatic rings. The molecule has 0 saturated heterocycles. The largest absolute Gasteiger partial charge is 0.375 e. The molecule has 0 aromatic heterocycles. The molecule has 0 bridgehead atoms. The summed E-state index contributed by atoms with van der Waals surface area (Å²) in [4.78, 5) is 23.2. The van der Waals surface area contributed by atoms with Gasteiger partial charge in [-0.1, -0.05) is 32.9 Å². The summed E-state index contributed by atoms with van der Waals surface area (Å²) in [5.74, 6) is -0.178. The van der Waals surface area contributed by atoms with Gasteiger partial charge >= 0.3 is 0 Å². The number of rotatable bonds is 6. The van der Waals surface area contributed by atoms with E-state index in [1.165, 1.54) is 7.11 Å². The Balaban J connectivity index is 2.53. The van der Waals surface area contributed by atoms with Crippen molar-refractivity contribution >= 4 is 17.5 Å². The highest BCUT2D eigenvalue weighted by Crippen LogP contribution is 2.18. The minimum atomic E-state index is -0.202. The molecule has 1 rings (SSSR count). The Kier molecular flexibility index (Phi) is 6.37. The molecule has 1 aromatic carbocycles. The van der Waals surface area contributed by atoms with E-state index in [1.807, 2.05) is 39.0 Å². The Morgan fingerprint density at radius 3 is 2.52 bits per heavy atom. The van der Waals surface area contributed by atoms with Crippen molar-refractivity contribution in [3.63, 3.8) is 0 Å². The van der Waals surface area contributed by atoms with E-state index in [4.69, 9.17) is 4.74 Å². The zero-order valence-electron chi connectivity index (χ0n) is 13.2. The number of amides is 2. The molecule has 21 heavy (non-hydrogen) atoms. The number of carbonyl (C=O) groups is 2. The second kappa shape index (κ2) is 7.78. The van der Waals surface area contributed by atoms with E-state index < -0.39 is 0 Å². The summed E-state index contributed by atoms with van der Waals surface area (Å²) in [6.45, 7) is 6.55. The lowest BCUT2D eigenvalue weighted by molar-refractivity contribution is -0.123. The Morgan fingerprint density at radius 2 is 1.90 bits per heavy atom. The first-order valence-electron chi connectivity index (χ1n) is 6.94. The summed E-state index contributed by atoms with van der Waals surface area (Å²) >= 11 is 0. The number of anilines is 1. The minimum absolute atomic E-state index is 0.0204. The highest BCUT2D eigenvalue weighted by molar-refractivity contribution is 5.91. The number of nitrogens with one attached hydrogen (secondary N) is 2. The molecule has 0 aliphatic heterocycles. The van der Waals surface area contributed by atoms with E-state index in [2.05, 4.69) is 10.6 Å². The van der Waals surface area contributed by atoms with Gasteiger partial charge in [0.2, 0.25) is 11.8 Å². The fourth-order valence-electron chi connectivity index (χ4n) is 1.83. The molecule has 5 nitrogen and oxygen atoms in total. The molecule has 116 valence electrons. The molecule has 0 radical (unpaired) electrons. The SMILES string of the molecule is COCC(=O)Nc1cccc(CNC(=O)CC(C)(C)C)c1. The van der Waals surface area contributed by atoms with Crippen LogP contribution in [-0.2, 0) is 20.9 Å². The fraction of sp³-hybridized carbons (Fsp3) is 0.500. The Bertz CT molecular complexity index is 493. The van der Waals surface area contributed by atoms with Gasteiger partial charge in [-0.05, 0) is 23.1 Å². The maximum Gasteiger partial charge on any atom is 0.250 e. The smallest absolute Gasteiger partial charge is 0.250 e. The maximum absolute atomic E-state index is 11.8. The first kappa shape index (κ1) is 17.2. The summed E-state index contributed by atoms with van der Waals surface area (Å²) in [7, 11) is 1.47. The number of carbonyl (C=O) groups excluding carboxylic acids is 2. The summed E-state index contributed by atoms with van der Waals surface area (Å²) in [6.07, 6.45) is 0.483. The van der Waals surface area contributed by atoms with Gasteiger partial charge in [-0.15, -0.1) is 0 Å². The molecule has 0 atom stereocenters. The van der Waals surface area contributed by atoms with Gasteiger partial charge in [-0.25, -0.2) is 0 Å². The van der Waals surface area contributed by atoms with Gasteiger partial charge in [-0.3, -0.25) is 9.59 Å². The molecule has 0 aliphatic rings. The van der Waals surface area contributed by atoms with Gasteiger partial charge in [0.15, 0.2) is 0 Å². The highest BCUT2D eigenvalue weighted by atomic mass is 16.5. The predicted octanol–water partition coefficient (Wildman–Crippen LogP) is 2.32. The van der Waals surface area contributed by atoms with Gasteiger partial charge in [0, 0.05) is 25.8 Å². The van der Waals surface area contributed by atoms with E-state index in [0.717, 1.165) is 5.56 Å². The zero-order valence-corrected chi connectivity index (χ0v) is 13.2. The van der Waals surface area contributed by atoms with Crippen LogP contribution in [0.2, 0.25) is 0 Å². The fourth-order valence-corrected chi connectivity index (χ4v) is 1.83. The van der Waals surface area contributed by atoms with Gasteiger partial charge < -0.3 is 15.4 Å². The molecule has 2 N–H and O–H groups in total. The van der Waals surface area contributed by atoms with Crippen LogP contribution < -0.4 is 10.6 Å². The summed E-state index contributed by atoms with van der Waals surface area (Å²) in [5, 5.41) is 5.62. The van der Waals surface area contributed by atoms with Crippen LogP contribution in [-0.4, -0.2) is 25.5 Å². The van der Waals surface area contributed by atoms with E-state index in [1.54, 1.807) is 6.07 Å². The molecule has 0 heterocycles. The van der Waals surface area contributed by atoms with E-state index >= 15 is 0 Å². The van der Waals surface area contributed by atoms with Crippen LogP contribution in [0.1, 0.15) is 32.8 Å². The monoisotopic (exact) mass is 292 g/mol. The molecular formula is C16H24N2O3. The lowest BCUT2D eigenvalue weighted by Gasteiger charge is -2.17. The average molecular weight is 292 g/mol. The molecule has 2 amide bonds. The van der Waals surface area contributed by atoms with E-state index in [-0.39, 0.29) is 23.8 Å². The third kappa shape index (κ3) is 7.46. The topological polar surface area (TPSA) is 67.4 Å². The Hall–Kier alpha value is -1.88. The molecule has 0 aliphatic carbocycles. The van der Waals surface area contributed by atoms with Gasteiger partial charge in [0.25, 0.3) is 0 Å². The van der Waals surface area contributed by atoms with Gasteiger partial charge in [0.1, 0.15) is 6.61 Å². The van der Waals surface area contributed by atoms with Crippen molar-refractivity contribution in [2.45, 2.75) is 33.7 Å².